The smallest absolute Gasteiger partial charge is 0.243 e. The molecule has 0 amide bonds. The fourth-order valence-corrected chi connectivity index (χ4v) is 2.60. The van der Waals surface area contributed by atoms with Crippen LogP contribution < -0.4 is 9.75 Å². The van der Waals surface area contributed by atoms with Crippen LogP contribution in [0, 0.1) is 4.77 Å². The summed E-state index contributed by atoms with van der Waals surface area (Å²) >= 11 is 5.40. The van der Waals surface area contributed by atoms with Gasteiger partial charge in [-0.3, -0.25) is 0 Å². The van der Waals surface area contributed by atoms with Crippen LogP contribution in [-0.2, 0) is 0 Å². The van der Waals surface area contributed by atoms with Crippen LogP contribution in [0.4, 0.5) is 0 Å². The first-order valence-electron chi connectivity index (χ1n) is 6.14. The minimum atomic E-state index is 0.518. The topological polar surface area (TPSA) is 62.2 Å². The van der Waals surface area contributed by atoms with E-state index in [1.807, 2.05) is 4.68 Å². The molecular formula is C11H16N6OS. The summed E-state index contributed by atoms with van der Waals surface area (Å²) < 4.78 is 7.80. The second-order valence-corrected chi connectivity index (χ2v) is 4.97. The van der Waals surface area contributed by atoms with Crippen LogP contribution >= 0.6 is 12.2 Å². The number of aromatic nitrogens is 4. The van der Waals surface area contributed by atoms with Gasteiger partial charge in [-0.05, 0) is 19.3 Å². The second kappa shape index (κ2) is 4.78. The standard InChI is InChI=1S/C11H16N6OS/c1-15-3-5-16(6-4-15)17-9-8(14-11(17)19)10(18-2)13-7-12-9/h7H,3-6H2,1-2H3,(H,14,19). The van der Waals surface area contributed by atoms with Crippen LogP contribution in [0.15, 0.2) is 6.33 Å². The number of aromatic amines is 1. The summed E-state index contributed by atoms with van der Waals surface area (Å²) in [4.78, 5) is 13.8. The largest absolute Gasteiger partial charge is 0.479 e. The van der Waals surface area contributed by atoms with Crippen molar-refractivity contribution in [3.05, 3.63) is 11.1 Å². The minimum Gasteiger partial charge on any atom is -0.479 e. The predicted octanol–water partition coefficient (Wildman–Crippen LogP) is 0.381. The molecule has 102 valence electrons. The molecule has 0 aliphatic carbocycles. The van der Waals surface area contributed by atoms with Gasteiger partial charge in [0.25, 0.3) is 0 Å². The van der Waals surface area contributed by atoms with E-state index in [9.17, 15) is 0 Å². The molecule has 0 bridgehead atoms. The van der Waals surface area contributed by atoms with E-state index in [4.69, 9.17) is 17.0 Å². The first-order valence-corrected chi connectivity index (χ1v) is 6.55. The lowest BCUT2D eigenvalue weighted by Crippen LogP contribution is -2.49. The predicted molar refractivity (Wildman–Crippen MR) is 74.7 cm³/mol. The number of methoxy groups -OCH3 is 1. The number of imidazole rings is 1. The van der Waals surface area contributed by atoms with E-state index in [0.29, 0.717) is 10.7 Å². The van der Waals surface area contributed by atoms with E-state index < -0.39 is 0 Å². The first kappa shape index (κ1) is 12.4. The molecule has 1 N–H and O–H groups in total. The molecule has 1 aliphatic heterocycles. The number of hydrogen-bond acceptors (Lipinski definition) is 6. The van der Waals surface area contributed by atoms with Crippen molar-refractivity contribution in [2.45, 2.75) is 0 Å². The Bertz CT molecular complexity index is 642. The van der Waals surface area contributed by atoms with E-state index in [0.717, 1.165) is 37.3 Å². The van der Waals surface area contributed by atoms with Crippen molar-refractivity contribution in [3.8, 4) is 5.88 Å². The maximum atomic E-state index is 5.40. The van der Waals surface area contributed by atoms with Gasteiger partial charge in [-0.25, -0.2) is 9.66 Å². The Hall–Kier alpha value is -1.67. The van der Waals surface area contributed by atoms with E-state index in [-0.39, 0.29) is 0 Å². The van der Waals surface area contributed by atoms with Crippen molar-refractivity contribution >= 4 is 23.4 Å². The molecule has 1 saturated heterocycles. The maximum Gasteiger partial charge on any atom is 0.243 e. The van der Waals surface area contributed by atoms with Gasteiger partial charge in [0.15, 0.2) is 10.4 Å². The van der Waals surface area contributed by atoms with Crippen LogP contribution in [-0.4, -0.2) is 64.9 Å². The number of ether oxygens (including phenoxy) is 1. The van der Waals surface area contributed by atoms with Gasteiger partial charge in [-0.1, -0.05) is 0 Å². The fraction of sp³-hybridized carbons (Fsp3) is 0.545. The first-order chi connectivity index (χ1) is 9.20. The molecule has 2 aromatic heterocycles. The number of likely N-dealkylation sites (N-methyl/N-ethyl adjacent to an activating group) is 1. The van der Waals surface area contributed by atoms with Gasteiger partial charge >= 0.3 is 0 Å². The molecule has 1 fully saturated rings. The molecule has 0 saturated carbocycles. The summed E-state index contributed by atoms with van der Waals surface area (Å²) in [6.07, 6.45) is 1.50. The lowest BCUT2D eigenvalue weighted by molar-refractivity contribution is 0.288. The molecule has 0 aromatic carbocycles. The van der Waals surface area contributed by atoms with Crippen molar-refractivity contribution in [1.29, 1.82) is 0 Å². The maximum absolute atomic E-state index is 5.40. The molecule has 0 spiro atoms. The molecule has 7 nitrogen and oxygen atoms in total. The van der Waals surface area contributed by atoms with Gasteiger partial charge in [-0.15, -0.1) is 0 Å². The minimum absolute atomic E-state index is 0.518. The monoisotopic (exact) mass is 280 g/mol. The third kappa shape index (κ3) is 2.06. The van der Waals surface area contributed by atoms with Crippen LogP contribution in [0.3, 0.4) is 0 Å². The van der Waals surface area contributed by atoms with Crippen LogP contribution in [0.2, 0.25) is 0 Å². The van der Waals surface area contributed by atoms with Crippen LogP contribution in [0.25, 0.3) is 11.2 Å². The van der Waals surface area contributed by atoms with Gasteiger partial charge in [0.1, 0.15) is 11.8 Å². The Morgan fingerprint density at radius 2 is 2.00 bits per heavy atom. The quantitative estimate of drug-likeness (QED) is 0.803. The molecule has 0 unspecified atom stereocenters. The zero-order valence-electron chi connectivity index (χ0n) is 11.0. The summed E-state index contributed by atoms with van der Waals surface area (Å²) in [5, 5.41) is 2.20. The van der Waals surface area contributed by atoms with Crippen molar-refractivity contribution in [2.75, 3.05) is 45.3 Å². The van der Waals surface area contributed by atoms with E-state index in [1.165, 1.54) is 6.33 Å². The van der Waals surface area contributed by atoms with Crippen molar-refractivity contribution < 1.29 is 4.74 Å². The molecule has 19 heavy (non-hydrogen) atoms. The molecule has 0 radical (unpaired) electrons. The molecule has 8 heteroatoms. The lowest BCUT2D eigenvalue weighted by Gasteiger charge is -2.34. The van der Waals surface area contributed by atoms with Crippen LogP contribution in [0.5, 0.6) is 5.88 Å². The number of H-pyrrole nitrogens is 1. The number of rotatable bonds is 2. The van der Waals surface area contributed by atoms with Crippen molar-refractivity contribution in [2.24, 2.45) is 0 Å². The average Bonchev–Trinajstić information content (AvgIpc) is 2.76. The fourth-order valence-electron chi connectivity index (χ4n) is 2.30. The lowest BCUT2D eigenvalue weighted by atomic mass is 10.4. The highest BCUT2D eigenvalue weighted by Crippen LogP contribution is 2.20. The average molecular weight is 280 g/mol. The number of nitrogens with zero attached hydrogens (tertiary/aromatic N) is 5. The van der Waals surface area contributed by atoms with E-state index >= 15 is 0 Å². The van der Waals surface area contributed by atoms with Crippen LogP contribution in [0.1, 0.15) is 0 Å². The Morgan fingerprint density at radius 1 is 1.26 bits per heavy atom. The van der Waals surface area contributed by atoms with E-state index in [1.54, 1.807) is 7.11 Å². The summed E-state index contributed by atoms with van der Waals surface area (Å²) in [6, 6.07) is 0. The van der Waals surface area contributed by atoms with Gasteiger partial charge in [0.05, 0.1) is 7.11 Å². The number of fused-ring (bicyclic) bond motifs is 1. The van der Waals surface area contributed by atoms with Crippen molar-refractivity contribution in [1.82, 2.24) is 24.5 Å². The molecular weight excluding hydrogens is 264 g/mol. The Morgan fingerprint density at radius 3 is 2.68 bits per heavy atom. The Balaban J connectivity index is 2.08. The normalized spacial score (nSPS) is 17.1. The van der Waals surface area contributed by atoms with E-state index in [2.05, 4.69) is 31.9 Å². The number of nitrogens with one attached hydrogen (secondary N) is 1. The highest BCUT2D eigenvalue weighted by atomic mass is 32.1. The molecule has 2 aromatic rings. The zero-order valence-corrected chi connectivity index (χ0v) is 11.8. The Kier molecular flexibility index (Phi) is 3.11. The van der Waals surface area contributed by atoms with Crippen molar-refractivity contribution in [3.63, 3.8) is 0 Å². The summed E-state index contributed by atoms with van der Waals surface area (Å²) in [6.45, 7) is 3.86. The SMILES string of the molecule is COc1ncnc2c1[nH]c(=S)n2N1CCN(C)CC1. The summed E-state index contributed by atoms with van der Waals surface area (Å²) in [5.41, 5.74) is 1.51. The third-order valence-electron chi connectivity index (χ3n) is 3.37. The number of hydrogen-bond donors (Lipinski definition) is 1. The molecule has 3 heterocycles. The molecule has 1 aliphatic rings. The molecule has 3 rings (SSSR count). The molecule has 0 atom stereocenters. The number of piperazine rings is 1. The van der Waals surface area contributed by atoms with Gasteiger partial charge in [0.2, 0.25) is 5.88 Å². The van der Waals surface area contributed by atoms with Gasteiger partial charge in [0, 0.05) is 26.2 Å². The zero-order chi connectivity index (χ0) is 13.4. The van der Waals surface area contributed by atoms with Gasteiger partial charge in [-0.2, -0.15) is 4.98 Å². The third-order valence-corrected chi connectivity index (χ3v) is 3.65. The highest BCUT2D eigenvalue weighted by Gasteiger charge is 2.19. The van der Waals surface area contributed by atoms with Gasteiger partial charge < -0.3 is 19.6 Å². The highest BCUT2D eigenvalue weighted by molar-refractivity contribution is 7.71. The second-order valence-electron chi connectivity index (χ2n) is 4.58. The summed E-state index contributed by atoms with van der Waals surface area (Å²) in [5.74, 6) is 0.518. The Labute approximate surface area is 115 Å². The summed E-state index contributed by atoms with van der Waals surface area (Å²) in [7, 11) is 3.71.